The number of rotatable bonds is 5. The molecule has 0 aliphatic heterocycles. The van der Waals surface area contributed by atoms with Gasteiger partial charge < -0.3 is 10.4 Å². The summed E-state index contributed by atoms with van der Waals surface area (Å²) in [5, 5.41) is 13.2. The number of halogens is 3. The Kier molecular flexibility index (Phi) is 5.23. The van der Waals surface area contributed by atoms with Gasteiger partial charge >= 0.3 is 6.18 Å². The summed E-state index contributed by atoms with van der Waals surface area (Å²) in [5.41, 5.74) is 2.65. The molecule has 0 unspecified atom stereocenters. The zero-order valence-electron chi connectivity index (χ0n) is 13.8. The topological polar surface area (TPSA) is 45.2 Å². The average molecular weight is 358 g/mol. The fraction of sp³-hybridized carbons (Fsp3) is 0.150. The summed E-state index contributed by atoms with van der Waals surface area (Å²) in [4.78, 5) is 4.08. The van der Waals surface area contributed by atoms with Gasteiger partial charge in [-0.05, 0) is 41.5 Å². The van der Waals surface area contributed by atoms with Crippen molar-refractivity contribution in [2.75, 3.05) is 0 Å². The Balaban J connectivity index is 1.65. The van der Waals surface area contributed by atoms with Crippen molar-refractivity contribution in [3.8, 4) is 16.9 Å². The summed E-state index contributed by atoms with van der Waals surface area (Å²) < 4.78 is 37.7. The molecule has 0 radical (unpaired) electrons. The highest BCUT2D eigenvalue weighted by molar-refractivity contribution is 5.64. The first-order valence-electron chi connectivity index (χ1n) is 8.02. The molecule has 134 valence electrons. The van der Waals surface area contributed by atoms with E-state index < -0.39 is 11.7 Å². The molecule has 0 atom stereocenters. The van der Waals surface area contributed by atoms with Crippen molar-refractivity contribution < 1.29 is 18.3 Å². The fourth-order valence-corrected chi connectivity index (χ4v) is 2.59. The van der Waals surface area contributed by atoms with Gasteiger partial charge in [0.1, 0.15) is 5.75 Å². The van der Waals surface area contributed by atoms with Crippen molar-refractivity contribution in [1.82, 2.24) is 10.3 Å². The fourth-order valence-electron chi connectivity index (χ4n) is 2.59. The van der Waals surface area contributed by atoms with Crippen LogP contribution in [0.2, 0.25) is 0 Å². The number of benzene rings is 2. The second-order valence-electron chi connectivity index (χ2n) is 5.88. The first-order chi connectivity index (χ1) is 12.4. The third-order valence-electron chi connectivity index (χ3n) is 4.00. The average Bonchev–Trinajstić information content (AvgIpc) is 2.64. The van der Waals surface area contributed by atoms with E-state index in [4.69, 9.17) is 0 Å². The maximum Gasteiger partial charge on any atom is 0.416 e. The van der Waals surface area contributed by atoms with Crippen molar-refractivity contribution in [2.45, 2.75) is 19.3 Å². The Labute approximate surface area is 149 Å². The first-order valence-corrected chi connectivity index (χ1v) is 8.02. The highest BCUT2D eigenvalue weighted by Crippen LogP contribution is 2.29. The number of alkyl halides is 3. The maximum absolute atomic E-state index is 12.6. The monoisotopic (exact) mass is 358 g/mol. The van der Waals surface area contributed by atoms with Crippen molar-refractivity contribution in [1.29, 1.82) is 0 Å². The Hall–Kier alpha value is -2.86. The molecule has 0 aliphatic carbocycles. The van der Waals surface area contributed by atoms with Crippen molar-refractivity contribution >= 4 is 0 Å². The van der Waals surface area contributed by atoms with Crippen LogP contribution in [0.1, 0.15) is 16.7 Å². The zero-order chi connectivity index (χ0) is 18.6. The molecule has 1 aromatic heterocycles. The van der Waals surface area contributed by atoms with Crippen LogP contribution in [-0.2, 0) is 19.3 Å². The first kappa shape index (κ1) is 17.9. The minimum Gasteiger partial charge on any atom is -0.508 e. The van der Waals surface area contributed by atoms with E-state index in [1.807, 2.05) is 24.3 Å². The van der Waals surface area contributed by atoms with Gasteiger partial charge in [-0.2, -0.15) is 13.2 Å². The molecule has 0 spiro atoms. The van der Waals surface area contributed by atoms with E-state index in [-0.39, 0.29) is 5.75 Å². The van der Waals surface area contributed by atoms with Crippen LogP contribution in [0.3, 0.4) is 0 Å². The van der Waals surface area contributed by atoms with E-state index in [0.29, 0.717) is 18.7 Å². The van der Waals surface area contributed by atoms with Gasteiger partial charge in [-0.1, -0.05) is 24.3 Å². The maximum atomic E-state index is 12.6. The quantitative estimate of drug-likeness (QED) is 0.691. The lowest BCUT2D eigenvalue weighted by molar-refractivity contribution is -0.137. The second kappa shape index (κ2) is 7.58. The third-order valence-corrected chi connectivity index (χ3v) is 4.00. The Morgan fingerprint density at radius 3 is 2.35 bits per heavy atom. The molecule has 3 aromatic rings. The standard InChI is InChI=1S/C20H17F3N2O/c21-20(22,23)18-6-3-14(4-7-18)11-25-13-17-10-15(5-8-19(17)26)16-2-1-9-24-12-16/h1-10,12,25-26H,11,13H2. The van der Waals surface area contributed by atoms with Gasteiger partial charge in [-0.25, -0.2) is 0 Å². The molecule has 0 bridgehead atoms. The summed E-state index contributed by atoms with van der Waals surface area (Å²) in [6.45, 7) is 0.787. The largest absolute Gasteiger partial charge is 0.508 e. The molecule has 0 saturated carbocycles. The summed E-state index contributed by atoms with van der Waals surface area (Å²) in [6, 6.07) is 14.1. The predicted octanol–water partition coefficient (Wildman–Crippen LogP) is 4.76. The van der Waals surface area contributed by atoms with E-state index in [0.717, 1.165) is 28.8 Å². The van der Waals surface area contributed by atoms with Gasteiger partial charge in [-0.15, -0.1) is 0 Å². The molecule has 3 nitrogen and oxygen atoms in total. The molecule has 1 heterocycles. The zero-order valence-corrected chi connectivity index (χ0v) is 13.8. The van der Waals surface area contributed by atoms with E-state index in [9.17, 15) is 18.3 Å². The molecule has 6 heteroatoms. The Morgan fingerprint density at radius 2 is 1.69 bits per heavy atom. The smallest absolute Gasteiger partial charge is 0.416 e. The number of hydrogen-bond acceptors (Lipinski definition) is 3. The second-order valence-corrected chi connectivity index (χ2v) is 5.88. The summed E-state index contributed by atoms with van der Waals surface area (Å²) in [6.07, 6.45) is -0.896. The summed E-state index contributed by atoms with van der Waals surface area (Å²) >= 11 is 0. The summed E-state index contributed by atoms with van der Waals surface area (Å²) in [7, 11) is 0. The lowest BCUT2D eigenvalue weighted by Crippen LogP contribution is -2.13. The molecule has 26 heavy (non-hydrogen) atoms. The Morgan fingerprint density at radius 1 is 0.923 bits per heavy atom. The van der Waals surface area contributed by atoms with Gasteiger partial charge in [0, 0.05) is 36.6 Å². The van der Waals surface area contributed by atoms with Crippen LogP contribution in [0.4, 0.5) is 13.2 Å². The van der Waals surface area contributed by atoms with Gasteiger partial charge in [0.15, 0.2) is 0 Å². The van der Waals surface area contributed by atoms with Crippen LogP contribution in [0.15, 0.2) is 67.0 Å². The number of phenolic OH excluding ortho intramolecular Hbond substituents is 1. The molecular weight excluding hydrogens is 341 g/mol. The molecule has 0 aliphatic rings. The lowest BCUT2D eigenvalue weighted by atomic mass is 10.0. The highest BCUT2D eigenvalue weighted by Gasteiger charge is 2.29. The summed E-state index contributed by atoms with van der Waals surface area (Å²) in [5.74, 6) is 0.164. The molecule has 0 amide bonds. The molecule has 0 saturated heterocycles. The number of phenols is 1. The number of hydrogen-bond donors (Lipinski definition) is 2. The van der Waals surface area contributed by atoms with Crippen LogP contribution < -0.4 is 5.32 Å². The minimum atomic E-state index is -4.33. The third kappa shape index (κ3) is 4.40. The van der Waals surface area contributed by atoms with Crippen molar-refractivity contribution in [3.05, 3.63) is 83.7 Å². The number of nitrogens with zero attached hydrogens (tertiary/aromatic N) is 1. The lowest BCUT2D eigenvalue weighted by Gasteiger charge is -2.11. The molecule has 2 aromatic carbocycles. The van der Waals surface area contributed by atoms with Crippen LogP contribution in [0.5, 0.6) is 5.75 Å². The van der Waals surface area contributed by atoms with E-state index in [1.54, 1.807) is 18.5 Å². The molecule has 0 fully saturated rings. The number of nitrogens with one attached hydrogen (secondary N) is 1. The number of aromatic hydroxyl groups is 1. The van der Waals surface area contributed by atoms with Crippen LogP contribution in [-0.4, -0.2) is 10.1 Å². The van der Waals surface area contributed by atoms with E-state index in [1.165, 1.54) is 12.1 Å². The number of pyridine rings is 1. The predicted molar refractivity (Wildman–Crippen MR) is 93.3 cm³/mol. The SMILES string of the molecule is Oc1ccc(-c2cccnc2)cc1CNCc1ccc(C(F)(F)F)cc1. The van der Waals surface area contributed by atoms with Gasteiger partial charge in [0.25, 0.3) is 0 Å². The van der Waals surface area contributed by atoms with Crippen molar-refractivity contribution in [3.63, 3.8) is 0 Å². The Bertz CT molecular complexity index is 862. The minimum absolute atomic E-state index is 0.164. The van der Waals surface area contributed by atoms with Crippen LogP contribution >= 0.6 is 0 Å². The van der Waals surface area contributed by atoms with Crippen LogP contribution in [0.25, 0.3) is 11.1 Å². The molecular formula is C20H17F3N2O. The number of aromatic nitrogens is 1. The van der Waals surface area contributed by atoms with Crippen molar-refractivity contribution in [2.24, 2.45) is 0 Å². The highest BCUT2D eigenvalue weighted by atomic mass is 19.4. The molecule has 2 N–H and O–H groups in total. The van der Waals surface area contributed by atoms with Gasteiger partial charge in [-0.3, -0.25) is 4.98 Å². The van der Waals surface area contributed by atoms with Crippen LogP contribution in [0, 0.1) is 0 Å². The van der Waals surface area contributed by atoms with E-state index in [2.05, 4.69) is 10.3 Å². The normalized spacial score (nSPS) is 11.5. The van der Waals surface area contributed by atoms with E-state index >= 15 is 0 Å². The molecule has 3 rings (SSSR count). The van der Waals surface area contributed by atoms with Gasteiger partial charge in [0.05, 0.1) is 5.56 Å². The van der Waals surface area contributed by atoms with Gasteiger partial charge in [0.2, 0.25) is 0 Å².